The third-order valence-electron chi connectivity index (χ3n) is 3.14. The zero-order chi connectivity index (χ0) is 13.5. The van der Waals surface area contributed by atoms with Gasteiger partial charge in [-0.15, -0.1) is 0 Å². The van der Waals surface area contributed by atoms with Crippen LogP contribution >= 0.6 is 0 Å². The summed E-state index contributed by atoms with van der Waals surface area (Å²) in [4.78, 5) is 0. The minimum Gasteiger partial charge on any atom is -0.457 e. The zero-order valence-electron chi connectivity index (χ0n) is 11.4. The fourth-order valence-electron chi connectivity index (χ4n) is 2.00. The van der Waals surface area contributed by atoms with E-state index in [9.17, 15) is 0 Å². The number of ether oxygens (including phenoxy) is 1. The van der Waals surface area contributed by atoms with Crippen molar-refractivity contribution in [2.24, 2.45) is 5.73 Å². The van der Waals surface area contributed by atoms with E-state index in [0.29, 0.717) is 0 Å². The molecule has 0 unspecified atom stereocenters. The molecule has 0 aliphatic heterocycles. The molecule has 0 aliphatic rings. The zero-order valence-corrected chi connectivity index (χ0v) is 11.4. The van der Waals surface area contributed by atoms with Crippen molar-refractivity contribution in [2.45, 2.75) is 26.2 Å². The molecule has 0 aliphatic carbocycles. The molecule has 2 aromatic carbocycles. The Labute approximate surface area is 115 Å². The lowest BCUT2D eigenvalue weighted by atomic mass is 10.1. The SMILES string of the molecule is CCc1cccc(Oc2ccc(CCCN)cc2)c1. The van der Waals surface area contributed by atoms with Crippen molar-refractivity contribution in [2.75, 3.05) is 6.54 Å². The summed E-state index contributed by atoms with van der Waals surface area (Å²) in [5, 5.41) is 0. The second-order valence-corrected chi connectivity index (χ2v) is 4.64. The molecule has 19 heavy (non-hydrogen) atoms. The predicted octanol–water partition coefficient (Wildman–Crippen LogP) is 3.93. The Hall–Kier alpha value is -1.80. The minimum atomic E-state index is 0.738. The van der Waals surface area contributed by atoms with Crippen LogP contribution < -0.4 is 10.5 Å². The highest BCUT2D eigenvalue weighted by molar-refractivity contribution is 5.35. The van der Waals surface area contributed by atoms with Crippen molar-refractivity contribution in [1.82, 2.24) is 0 Å². The number of benzene rings is 2. The second kappa shape index (κ2) is 6.95. The Bertz CT molecular complexity index is 505. The molecule has 2 N–H and O–H groups in total. The molecule has 0 bridgehead atoms. The normalized spacial score (nSPS) is 10.4. The van der Waals surface area contributed by atoms with Gasteiger partial charge in [0.2, 0.25) is 0 Å². The van der Waals surface area contributed by atoms with Crippen LogP contribution in [0.25, 0.3) is 0 Å². The molecule has 0 saturated heterocycles. The molecule has 0 amide bonds. The fraction of sp³-hybridized carbons (Fsp3) is 0.294. The molecular weight excluding hydrogens is 234 g/mol. The van der Waals surface area contributed by atoms with Crippen LogP contribution in [0, 0.1) is 0 Å². The fourth-order valence-corrected chi connectivity index (χ4v) is 2.00. The lowest BCUT2D eigenvalue weighted by molar-refractivity contribution is 0.482. The number of rotatable bonds is 6. The summed E-state index contributed by atoms with van der Waals surface area (Å²) < 4.78 is 5.86. The molecule has 2 rings (SSSR count). The summed E-state index contributed by atoms with van der Waals surface area (Å²) in [5.74, 6) is 1.78. The van der Waals surface area contributed by atoms with Crippen molar-refractivity contribution >= 4 is 0 Å². The molecule has 0 aromatic heterocycles. The summed E-state index contributed by atoms with van der Waals surface area (Å²) in [6.07, 6.45) is 3.08. The minimum absolute atomic E-state index is 0.738. The Morgan fingerprint density at radius 2 is 1.74 bits per heavy atom. The quantitative estimate of drug-likeness (QED) is 0.848. The van der Waals surface area contributed by atoms with Crippen LogP contribution in [0.1, 0.15) is 24.5 Å². The van der Waals surface area contributed by atoms with Gasteiger partial charge in [-0.3, -0.25) is 0 Å². The van der Waals surface area contributed by atoms with Gasteiger partial charge in [0.05, 0.1) is 0 Å². The summed E-state index contributed by atoms with van der Waals surface area (Å²) in [5.41, 5.74) is 8.11. The van der Waals surface area contributed by atoms with E-state index < -0.39 is 0 Å². The highest BCUT2D eigenvalue weighted by Gasteiger charge is 1.99. The summed E-state index contributed by atoms with van der Waals surface area (Å²) >= 11 is 0. The maximum absolute atomic E-state index is 5.86. The van der Waals surface area contributed by atoms with Gasteiger partial charge in [-0.05, 0) is 61.2 Å². The highest BCUT2D eigenvalue weighted by Crippen LogP contribution is 2.23. The van der Waals surface area contributed by atoms with Gasteiger partial charge in [0.25, 0.3) is 0 Å². The van der Waals surface area contributed by atoms with Crippen molar-refractivity contribution in [3.05, 3.63) is 59.7 Å². The van der Waals surface area contributed by atoms with Gasteiger partial charge in [-0.1, -0.05) is 31.2 Å². The predicted molar refractivity (Wildman–Crippen MR) is 79.7 cm³/mol. The Balaban J connectivity index is 2.02. The van der Waals surface area contributed by atoms with E-state index in [4.69, 9.17) is 10.5 Å². The molecule has 2 nitrogen and oxygen atoms in total. The molecule has 0 radical (unpaired) electrons. The average molecular weight is 255 g/mol. The molecular formula is C17H21NO. The van der Waals surface area contributed by atoms with Crippen LogP contribution in [0.3, 0.4) is 0 Å². The van der Waals surface area contributed by atoms with Crippen molar-refractivity contribution in [3.63, 3.8) is 0 Å². The first-order chi connectivity index (χ1) is 9.31. The standard InChI is InChI=1S/C17H21NO/c1-2-14-5-3-7-17(13-14)19-16-10-8-15(9-11-16)6-4-12-18/h3,5,7-11,13H,2,4,6,12,18H2,1H3. The molecule has 0 fully saturated rings. The van der Waals surface area contributed by atoms with Gasteiger partial charge >= 0.3 is 0 Å². The molecule has 0 atom stereocenters. The van der Waals surface area contributed by atoms with Crippen LogP contribution in [0.2, 0.25) is 0 Å². The smallest absolute Gasteiger partial charge is 0.127 e. The average Bonchev–Trinajstić information content (AvgIpc) is 2.47. The number of nitrogens with two attached hydrogens (primary N) is 1. The number of hydrogen-bond acceptors (Lipinski definition) is 2. The number of hydrogen-bond donors (Lipinski definition) is 1. The maximum atomic E-state index is 5.86. The summed E-state index contributed by atoms with van der Waals surface area (Å²) in [6, 6.07) is 16.5. The van der Waals surface area contributed by atoms with Gasteiger partial charge in [-0.25, -0.2) is 0 Å². The van der Waals surface area contributed by atoms with E-state index in [1.54, 1.807) is 0 Å². The van der Waals surface area contributed by atoms with Gasteiger partial charge in [-0.2, -0.15) is 0 Å². The maximum Gasteiger partial charge on any atom is 0.127 e. The van der Waals surface area contributed by atoms with Gasteiger partial charge < -0.3 is 10.5 Å². The van der Waals surface area contributed by atoms with E-state index in [1.807, 2.05) is 24.3 Å². The number of aryl methyl sites for hydroxylation is 2. The first-order valence-corrected chi connectivity index (χ1v) is 6.87. The largest absolute Gasteiger partial charge is 0.457 e. The second-order valence-electron chi connectivity index (χ2n) is 4.64. The molecule has 0 saturated carbocycles. The first kappa shape index (κ1) is 13.6. The Morgan fingerprint density at radius 3 is 2.42 bits per heavy atom. The van der Waals surface area contributed by atoms with E-state index in [-0.39, 0.29) is 0 Å². The van der Waals surface area contributed by atoms with Gasteiger partial charge in [0.1, 0.15) is 11.5 Å². The van der Waals surface area contributed by atoms with Crippen LogP contribution in [0.15, 0.2) is 48.5 Å². The van der Waals surface area contributed by atoms with Crippen LogP contribution in [-0.2, 0) is 12.8 Å². The highest BCUT2D eigenvalue weighted by atomic mass is 16.5. The Kier molecular flexibility index (Phi) is 4.99. The topological polar surface area (TPSA) is 35.2 Å². The molecule has 0 heterocycles. The Morgan fingerprint density at radius 1 is 0.947 bits per heavy atom. The lowest BCUT2D eigenvalue weighted by Crippen LogP contribution is -2.00. The van der Waals surface area contributed by atoms with E-state index in [1.165, 1.54) is 11.1 Å². The van der Waals surface area contributed by atoms with Gasteiger partial charge in [0.15, 0.2) is 0 Å². The van der Waals surface area contributed by atoms with Gasteiger partial charge in [0, 0.05) is 0 Å². The van der Waals surface area contributed by atoms with E-state index >= 15 is 0 Å². The summed E-state index contributed by atoms with van der Waals surface area (Å²) in [6.45, 7) is 2.88. The van der Waals surface area contributed by atoms with Crippen molar-refractivity contribution in [1.29, 1.82) is 0 Å². The summed E-state index contributed by atoms with van der Waals surface area (Å²) in [7, 11) is 0. The van der Waals surface area contributed by atoms with Crippen LogP contribution in [-0.4, -0.2) is 6.54 Å². The van der Waals surface area contributed by atoms with Crippen LogP contribution in [0.4, 0.5) is 0 Å². The van der Waals surface area contributed by atoms with Crippen molar-refractivity contribution < 1.29 is 4.74 Å². The van der Waals surface area contributed by atoms with Crippen LogP contribution in [0.5, 0.6) is 11.5 Å². The molecule has 0 spiro atoms. The first-order valence-electron chi connectivity index (χ1n) is 6.87. The molecule has 100 valence electrons. The van der Waals surface area contributed by atoms with E-state index in [2.05, 4.69) is 31.2 Å². The lowest BCUT2D eigenvalue weighted by Gasteiger charge is -2.08. The van der Waals surface area contributed by atoms with E-state index in [0.717, 1.165) is 37.3 Å². The molecule has 2 heteroatoms. The molecule has 2 aromatic rings. The third kappa shape index (κ3) is 4.11. The van der Waals surface area contributed by atoms with Crippen molar-refractivity contribution in [3.8, 4) is 11.5 Å². The monoisotopic (exact) mass is 255 g/mol. The third-order valence-corrected chi connectivity index (χ3v) is 3.14.